The summed E-state index contributed by atoms with van der Waals surface area (Å²) in [7, 11) is 0. The van der Waals surface area contributed by atoms with Crippen molar-refractivity contribution in [1.29, 1.82) is 0 Å². The van der Waals surface area contributed by atoms with E-state index in [4.69, 9.17) is 0 Å². The molecular formula is C12H14N2S3. The highest BCUT2D eigenvalue weighted by atomic mass is 32.2. The van der Waals surface area contributed by atoms with Crippen LogP contribution in [0.1, 0.15) is 18.1 Å². The van der Waals surface area contributed by atoms with Crippen LogP contribution in [0.2, 0.25) is 0 Å². The van der Waals surface area contributed by atoms with E-state index in [1.807, 2.05) is 0 Å². The van der Waals surface area contributed by atoms with E-state index in [1.165, 1.54) is 11.1 Å². The Morgan fingerprint density at radius 2 is 1.71 bits per heavy atom. The molecule has 0 unspecified atom stereocenters. The summed E-state index contributed by atoms with van der Waals surface area (Å²) in [6.45, 7) is 4.24. The first kappa shape index (κ1) is 12.9. The van der Waals surface area contributed by atoms with Crippen LogP contribution in [0.5, 0.6) is 0 Å². The zero-order valence-electron chi connectivity index (χ0n) is 9.84. The molecule has 5 heteroatoms. The van der Waals surface area contributed by atoms with Crippen molar-refractivity contribution in [2.75, 3.05) is 5.75 Å². The predicted molar refractivity (Wildman–Crippen MR) is 77.0 cm³/mol. The molecule has 0 radical (unpaired) electrons. The summed E-state index contributed by atoms with van der Waals surface area (Å²) in [6.07, 6.45) is 0. The van der Waals surface area contributed by atoms with Gasteiger partial charge in [-0.3, -0.25) is 0 Å². The smallest absolute Gasteiger partial charge is 0.131 e. The molecule has 2 rings (SSSR count). The van der Waals surface area contributed by atoms with Gasteiger partial charge in [0.25, 0.3) is 0 Å². The summed E-state index contributed by atoms with van der Waals surface area (Å²) < 4.78 is 2.13. The number of aryl methyl sites for hydroxylation is 1. The molecule has 17 heavy (non-hydrogen) atoms. The fourth-order valence-corrected chi connectivity index (χ4v) is 4.14. The average molecular weight is 282 g/mol. The number of benzene rings is 1. The Hall–Kier alpha value is -0.520. The fraction of sp³-hybridized carbons (Fsp3) is 0.333. The van der Waals surface area contributed by atoms with Gasteiger partial charge in [-0.2, -0.15) is 0 Å². The molecule has 0 amide bonds. The second-order valence-electron chi connectivity index (χ2n) is 3.54. The lowest BCUT2D eigenvalue weighted by atomic mass is 10.2. The molecule has 0 spiro atoms. The average Bonchev–Trinajstić information content (AvgIpc) is 2.77. The van der Waals surface area contributed by atoms with Crippen LogP contribution < -0.4 is 0 Å². The molecule has 0 atom stereocenters. The van der Waals surface area contributed by atoms with Crippen LogP contribution in [0, 0.1) is 6.92 Å². The van der Waals surface area contributed by atoms with Gasteiger partial charge in [-0.05, 0) is 18.2 Å². The van der Waals surface area contributed by atoms with Crippen molar-refractivity contribution in [2.24, 2.45) is 0 Å². The van der Waals surface area contributed by atoms with Crippen LogP contribution in [0.15, 0.2) is 32.9 Å². The van der Waals surface area contributed by atoms with Gasteiger partial charge >= 0.3 is 0 Å². The number of nitrogens with zero attached hydrogens (tertiary/aromatic N) is 2. The largest absolute Gasteiger partial charge is 0.175 e. The zero-order chi connectivity index (χ0) is 12.1. The summed E-state index contributed by atoms with van der Waals surface area (Å²) in [5.74, 6) is 2.02. The third-order valence-corrected chi connectivity index (χ3v) is 5.28. The van der Waals surface area contributed by atoms with Crippen molar-refractivity contribution in [3.63, 3.8) is 0 Å². The SMILES string of the molecule is CCSc1nnc(SCc2ccc(C)cc2)s1. The highest BCUT2D eigenvalue weighted by Crippen LogP contribution is 2.30. The number of rotatable bonds is 5. The molecule has 0 aliphatic rings. The lowest BCUT2D eigenvalue weighted by Gasteiger charge is -1.98. The lowest BCUT2D eigenvalue weighted by molar-refractivity contribution is 0.954. The molecule has 0 bridgehead atoms. The first-order valence-electron chi connectivity index (χ1n) is 5.42. The Bertz CT molecular complexity index is 465. The van der Waals surface area contributed by atoms with Crippen LogP contribution in [-0.2, 0) is 5.75 Å². The lowest BCUT2D eigenvalue weighted by Crippen LogP contribution is -1.80. The van der Waals surface area contributed by atoms with Gasteiger partial charge in [0, 0.05) is 5.75 Å². The van der Waals surface area contributed by atoms with E-state index >= 15 is 0 Å². The molecule has 1 heterocycles. The monoisotopic (exact) mass is 282 g/mol. The van der Waals surface area contributed by atoms with Crippen LogP contribution in [0.25, 0.3) is 0 Å². The molecule has 0 N–H and O–H groups in total. The highest BCUT2D eigenvalue weighted by molar-refractivity contribution is 8.02. The van der Waals surface area contributed by atoms with Gasteiger partial charge < -0.3 is 0 Å². The summed E-state index contributed by atoms with van der Waals surface area (Å²) in [4.78, 5) is 0. The number of aromatic nitrogens is 2. The minimum atomic E-state index is 0.964. The van der Waals surface area contributed by atoms with E-state index in [0.29, 0.717) is 0 Å². The van der Waals surface area contributed by atoms with Crippen LogP contribution in [0.4, 0.5) is 0 Å². The molecule has 0 fully saturated rings. The molecule has 1 aromatic carbocycles. The van der Waals surface area contributed by atoms with Gasteiger partial charge in [0.15, 0.2) is 8.68 Å². The third-order valence-electron chi connectivity index (χ3n) is 2.14. The molecular weight excluding hydrogens is 268 g/mol. The van der Waals surface area contributed by atoms with E-state index < -0.39 is 0 Å². The minimum Gasteiger partial charge on any atom is -0.131 e. The number of thioether (sulfide) groups is 2. The minimum absolute atomic E-state index is 0.964. The molecule has 0 saturated heterocycles. The maximum Gasteiger partial charge on any atom is 0.175 e. The Morgan fingerprint density at radius 1 is 1.06 bits per heavy atom. The first-order valence-corrected chi connectivity index (χ1v) is 8.21. The number of hydrogen-bond donors (Lipinski definition) is 0. The maximum atomic E-state index is 4.18. The zero-order valence-corrected chi connectivity index (χ0v) is 12.3. The maximum absolute atomic E-state index is 4.18. The van der Waals surface area contributed by atoms with Crippen LogP contribution in [-0.4, -0.2) is 16.0 Å². The summed E-state index contributed by atoms with van der Waals surface area (Å²) in [6, 6.07) is 8.64. The van der Waals surface area contributed by atoms with Crippen LogP contribution in [0.3, 0.4) is 0 Å². The third kappa shape index (κ3) is 4.01. The van der Waals surface area contributed by atoms with E-state index in [1.54, 1.807) is 34.9 Å². The van der Waals surface area contributed by atoms with Gasteiger partial charge in [0.05, 0.1) is 0 Å². The molecule has 90 valence electrons. The van der Waals surface area contributed by atoms with E-state index in [9.17, 15) is 0 Å². The summed E-state index contributed by atoms with van der Waals surface area (Å²) in [5, 5.41) is 8.32. The fourth-order valence-electron chi connectivity index (χ4n) is 1.27. The van der Waals surface area contributed by atoms with Crippen molar-refractivity contribution in [3.05, 3.63) is 35.4 Å². The van der Waals surface area contributed by atoms with E-state index in [2.05, 4.69) is 48.3 Å². The highest BCUT2D eigenvalue weighted by Gasteiger charge is 2.04. The summed E-state index contributed by atoms with van der Waals surface area (Å²) in [5.41, 5.74) is 2.64. The first-order chi connectivity index (χ1) is 8.28. The summed E-state index contributed by atoms with van der Waals surface area (Å²) >= 11 is 5.19. The van der Waals surface area contributed by atoms with Gasteiger partial charge in [-0.15, -0.1) is 10.2 Å². The second-order valence-corrected chi connectivity index (χ2v) is 7.25. The Labute approximate surface area is 114 Å². The Balaban J connectivity index is 1.90. The van der Waals surface area contributed by atoms with Crippen molar-refractivity contribution in [1.82, 2.24) is 10.2 Å². The molecule has 1 aromatic heterocycles. The van der Waals surface area contributed by atoms with E-state index in [0.717, 1.165) is 20.2 Å². The molecule has 0 aliphatic carbocycles. The molecule has 0 aliphatic heterocycles. The molecule has 2 nitrogen and oxygen atoms in total. The van der Waals surface area contributed by atoms with Crippen molar-refractivity contribution < 1.29 is 0 Å². The standard InChI is InChI=1S/C12H14N2S3/c1-3-15-11-13-14-12(17-11)16-8-10-6-4-9(2)5-7-10/h4-7H,3,8H2,1-2H3. The molecule has 0 saturated carbocycles. The van der Waals surface area contributed by atoms with Gasteiger partial charge in [-0.25, -0.2) is 0 Å². The van der Waals surface area contributed by atoms with Gasteiger partial charge in [0.2, 0.25) is 0 Å². The van der Waals surface area contributed by atoms with Crippen molar-refractivity contribution in [3.8, 4) is 0 Å². The molecule has 2 aromatic rings. The normalized spacial score (nSPS) is 10.7. The van der Waals surface area contributed by atoms with Crippen molar-refractivity contribution in [2.45, 2.75) is 28.3 Å². The Morgan fingerprint density at radius 3 is 2.35 bits per heavy atom. The second kappa shape index (κ2) is 6.42. The quantitative estimate of drug-likeness (QED) is 0.766. The number of hydrogen-bond acceptors (Lipinski definition) is 5. The van der Waals surface area contributed by atoms with Crippen LogP contribution >= 0.6 is 34.9 Å². The predicted octanol–water partition coefficient (Wildman–Crippen LogP) is 4.25. The topological polar surface area (TPSA) is 25.8 Å². The Kier molecular flexibility index (Phi) is 4.88. The van der Waals surface area contributed by atoms with E-state index in [-0.39, 0.29) is 0 Å². The van der Waals surface area contributed by atoms with Crippen molar-refractivity contribution >= 4 is 34.9 Å². The van der Waals surface area contributed by atoms with Gasteiger partial charge in [-0.1, -0.05) is 71.6 Å². The van der Waals surface area contributed by atoms with Gasteiger partial charge in [0.1, 0.15) is 0 Å².